The van der Waals surface area contributed by atoms with Crippen LogP contribution in [0.5, 0.6) is 0 Å². The van der Waals surface area contributed by atoms with E-state index >= 15 is 0 Å². The molecule has 0 radical (unpaired) electrons. The van der Waals surface area contributed by atoms with Gasteiger partial charge in [-0.25, -0.2) is 0 Å². The van der Waals surface area contributed by atoms with Crippen molar-refractivity contribution in [3.63, 3.8) is 0 Å². The van der Waals surface area contributed by atoms with Crippen LogP contribution in [0, 0.1) is 0 Å². The molecule has 0 saturated carbocycles. The van der Waals surface area contributed by atoms with Crippen molar-refractivity contribution < 1.29 is 0 Å². The molecule has 76 valence electrons. The summed E-state index contributed by atoms with van der Waals surface area (Å²) in [6.45, 7) is 4.00. The van der Waals surface area contributed by atoms with Crippen molar-refractivity contribution in [2.45, 2.75) is 25.9 Å². The first-order chi connectivity index (χ1) is 5.12. The van der Waals surface area contributed by atoms with Crippen molar-refractivity contribution in [3.8, 4) is 0 Å². The summed E-state index contributed by atoms with van der Waals surface area (Å²) in [7, 11) is 0. The Morgan fingerprint density at radius 1 is 0.917 bits per heavy atom. The van der Waals surface area contributed by atoms with Crippen LogP contribution in [0.4, 0.5) is 0 Å². The SMILES string of the molecule is CC[Si](Br)(Br)Br.CC[Si](Cl)(Cl)Cl. The molecular weight excluding hydrogens is 450 g/mol. The maximum atomic E-state index is 5.39. The van der Waals surface area contributed by atoms with Crippen LogP contribution in [-0.4, -0.2) is 9.93 Å². The summed E-state index contributed by atoms with van der Waals surface area (Å²) in [6, 6.07) is -0.349. The lowest BCUT2D eigenvalue weighted by molar-refractivity contribution is 1.46. The number of hydrogen-bond donors (Lipinski definition) is 0. The van der Waals surface area contributed by atoms with E-state index < -0.39 is 9.93 Å². The first-order valence-electron chi connectivity index (χ1n) is 3.26. The maximum absolute atomic E-state index is 5.39. The lowest BCUT2D eigenvalue weighted by atomic mass is 11.0. The zero-order valence-electron chi connectivity index (χ0n) is 6.68. The Bertz CT molecular complexity index is 97.1. The van der Waals surface area contributed by atoms with E-state index in [9.17, 15) is 0 Å². The Balaban J connectivity index is 0. The van der Waals surface area contributed by atoms with Crippen LogP contribution in [0.1, 0.15) is 13.8 Å². The van der Waals surface area contributed by atoms with Gasteiger partial charge in [0.25, 0.3) is 3.93 Å². The first kappa shape index (κ1) is 17.1. The molecule has 0 saturated heterocycles. The summed E-state index contributed by atoms with van der Waals surface area (Å²) in [5.41, 5.74) is 0. The van der Waals surface area contributed by atoms with Gasteiger partial charge in [0.05, 0.1) is 0 Å². The minimum atomic E-state index is -2.21. The molecule has 0 N–H and O–H groups in total. The summed E-state index contributed by atoms with van der Waals surface area (Å²) < 4.78 is -1.19. The second kappa shape index (κ2) is 7.96. The highest BCUT2D eigenvalue weighted by molar-refractivity contribution is 9.72. The molecular formula is C4H10Br3Cl3Si2. The highest BCUT2D eigenvalue weighted by Gasteiger charge is 2.20. The Kier molecular flexibility index (Phi) is 11.4. The van der Waals surface area contributed by atoms with Gasteiger partial charge in [-0.05, 0) is 12.1 Å². The van der Waals surface area contributed by atoms with Gasteiger partial charge in [-0.3, -0.25) is 0 Å². The second-order valence-electron chi connectivity index (χ2n) is 1.94. The first-order valence-corrected chi connectivity index (χ1v) is 17.5. The average Bonchev–Trinajstić information content (AvgIpc) is 1.86. The Morgan fingerprint density at radius 2 is 1.08 bits per heavy atom. The topological polar surface area (TPSA) is 0 Å². The molecule has 0 heterocycles. The van der Waals surface area contributed by atoms with E-state index in [1.165, 1.54) is 0 Å². The van der Waals surface area contributed by atoms with E-state index in [1.54, 1.807) is 0 Å². The molecule has 0 atom stereocenters. The van der Waals surface area contributed by atoms with E-state index in [4.69, 9.17) is 33.2 Å². The zero-order chi connectivity index (χ0) is 10.4. The van der Waals surface area contributed by atoms with E-state index in [-0.39, 0.29) is 0 Å². The molecule has 0 bridgehead atoms. The number of rotatable bonds is 2. The third kappa shape index (κ3) is 23.0. The molecule has 0 fully saturated rings. The van der Waals surface area contributed by atoms with Crippen LogP contribution in [0.15, 0.2) is 0 Å². The molecule has 0 amide bonds. The van der Waals surface area contributed by atoms with Crippen LogP contribution < -0.4 is 0 Å². The minimum absolute atomic E-state index is 0.706. The lowest BCUT2D eigenvalue weighted by Gasteiger charge is -2.00. The van der Waals surface area contributed by atoms with Crippen molar-refractivity contribution in [2.75, 3.05) is 0 Å². The van der Waals surface area contributed by atoms with Gasteiger partial charge in [-0.15, -0.1) is 33.2 Å². The molecule has 0 aromatic carbocycles. The predicted octanol–water partition coefficient (Wildman–Crippen LogP) is 5.79. The van der Waals surface area contributed by atoms with Gasteiger partial charge in [-0.1, -0.05) is 59.7 Å². The van der Waals surface area contributed by atoms with Crippen molar-refractivity contribution in [1.82, 2.24) is 0 Å². The third-order valence-electron chi connectivity index (χ3n) is 0.802. The Morgan fingerprint density at radius 3 is 1.08 bits per heavy atom. The fourth-order valence-corrected chi connectivity index (χ4v) is 0. The summed E-state index contributed by atoms with van der Waals surface area (Å²) in [5, 5.41) is 0. The standard InChI is InChI=1S/C2H5Br3Si.C2H5Cl3Si/c2*1-2-6(3,4)5/h2*2H2,1H3. The largest absolute Gasteiger partial charge is 0.341 e. The molecule has 0 rings (SSSR count). The van der Waals surface area contributed by atoms with Crippen molar-refractivity contribution in [1.29, 1.82) is 0 Å². The van der Waals surface area contributed by atoms with Gasteiger partial charge < -0.3 is 0 Å². The lowest BCUT2D eigenvalue weighted by Crippen LogP contribution is -2.04. The molecule has 0 spiro atoms. The third-order valence-corrected chi connectivity index (χ3v) is 9.86. The number of halogens is 6. The Hall–Kier alpha value is 2.74. The van der Waals surface area contributed by atoms with Crippen molar-refractivity contribution in [3.05, 3.63) is 0 Å². The summed E-state index contributed by atoms with van der Waals surface area (Å²) >= 11 is 26.5. The van der Waals surface area contributed by atoms with Gasteiger partial charge in [0.15, 0.2) is 0 Å². The van der Waals surface area contributed by atoms with Crippen LogP contribution in [-0.2, 0) is 0 Å². The van der Waals surface area contributed by atoms with Gasteiger partial charge in [0.2, 0.25) is 0 Å². The van der Waals surface area contributed by atoms with Crippen molar-refractivity contribution >= 4 is 89.0 Å². The number of hydrogen-bond acceptors (Lipinski definition) is 0. The summed E-state index contributed by atoms with van der Waals surface area (Å²) in [5.74, 6) is 0. The summed E-state index contributed by atoms with van der Waals surface area (Å²) in [6.07, 6.45) is 0. The van der Waals surface area contributed by atoms with E-state index in [0.717, 1.165) is 6.04 Å². The molecule has 0 aromatic rings. The summed E-state index contributed by atoms with van der Waals surface area (Å²) in [4.78, 5) is 0. The van der Waals surface area contributed by atoms with Gasteiger partial charge in [0.1, 0.15) is 0 Å². The van der Waals surface area contributed by atoms with Crippen LogP contribution in [0.3, 0.4) is 0 Å². The van der Waals surface area contributed by atoms with Gasteiger partial charge in [0, 0.05) is 0 Å². The Labute approximate surface area is 114 Å². The average molecular weight is 460 g/mol. The molecule has 0 aliphatic rings. The normalized spacial score (nSPS) is 12.0. The fourth-order valence-electron chi connectivity index (χ4n) is 0. The second-order valence-corrected chi connectivity index (χ2v) is 35.1. The van der Waals surface area contributed by atoms with Crippen LogP contribution in [0.25, 0.3) is 0 Å². The van der Waals surface area contributed by atoms with E-state index in [1.807, 2.05) is 6.92 Å². The molecule has 0 unspecified atom stereocenters. The molecule has 8 heteroatoms. The molecule has 12 heavy (non-hydrogen) atoms. The highest BCUT2D eigenvalue weighted by Crippen LogP contribution is 2.30. The van der Waals surface area contributed by atoms with E-state index in [0.29, 0.717) is 6.04 Å². The fraction of sp³-hybridized carbons (Fsp3) is 1.00. The molecule has 0 aliphatic heterocycles. The quantitative estimate of drug-likeness (QED) is 0.362. The maximum Gasteiger partial charge on any atom is 0.341 e. The monoisotopic (exact) mass is 456 g/mol. The minimum Gasteiger partial charge on any atom is -0.126 e. The van der Waals surface area contributed by atoms with Crippen LogP contribution >= 0.6 is 79.1 Å². The van der Waals surface area contributed by atoms with Gasteiger partial charge in [-0.2, -0.15) is 0 Å². The van der Waals surface area contributed by atoms with Crippen molar-refractivity contribution in [2.24, 2.45) is 0 Å². The van der Waals surface area contributed by atoms with E-state index in [2.05, 4.69) is 52.8 Å². The molecule has 0 aromatic heterocycles. The molecule has 0 nitrogen and oxygen atoms in total. The molecule has 0 aliphatic carbocycles. The van der Waals surface area contributed by atoms with Gasteiger partial charge >= 0.3 is 6.00 Å². The highest BCUT2D eigenvalue weighted by atomic mass is 80.0. The smallest absolute Gasteiger partial charge is 0.126 e. The zero-order valence-corrected chi connectivity index (χ0v) is 15.7. The van der Waals surface area contributed by atoms with Crippen LogP contribution in [0.2, 0.25) is 12.1 Å². The predicted molar refractivity (Wildman–Crippen MR) is 76.8 cm³/mol.